The quantitative estimate of drug-likeness (QED) is 0.437. The van der Waals surface area contributed by atoms with Crippen LogP contribution in [-0.2, 0) is 14.3 Å². The van der Waals surface area contributed by atoms with Crippen molar-refractivity contribution in [3.8, 4) is 5.75 Å². The zero-order valence-corrected chi connectivity index (χ0v) is 18.4. The molecular weight excluding hydrogens is 476 g/mol. The van der Waals surface area contributed by atoms with Gasteiger partial charge in [0.2, 0.25) is 24.3 Å². The van der Waals surface area contributed by atoms with Gasteiger partial charge in [-0.2, -0.15) is 28.1 Å². The largest absolute Gasteiger partial charge is 0.490 e. The fourth-order valence-corrected chi connectivity index (χ4v) is 3.70. The number of nitrogens with zero attached hydrogens (tertiary/aromatic N) is 6. The summed E-state index contributed by atoms with van der Waals surface area (Å²) < 4.78 is 63.4. The smallest absolute Gasteiger partial charge is 0.472 e. The fourth-order valence-electron chi connectivity index (χ4n) is 3.70. The van der Waals surface area contributed by atoms with Crippen LogP contribution >= 0.6 is 0 Å². The van der Waals surface area contributed by atoms with E-state index in [9.17, 15) is 27.2 Å². The second kappa shape index (κ2) is 10.4. The van der Waals surface area contributed by atoms with E-state index < -0.39 is 18.0 Å². The number of benzene rings is 1. The molecule has 0 N–H and O–H groups in total. The van der Waals surface area contributed by atoms with Gasteiger partial charge in [0, 0.05) is 39.0 Å². The maximum Gasteiger partial charge on any atom is 0.472 e. The summed E-state index contributed by atoms with van der Waals surface area (Å²) in [5.41, 5.74) is 0. The summed E-state index contributed by atoms with van der Waals surface area (Å²) in [6, 6.07) is 5.65. The Morgan fingerprint density at radius 1 is 1.00 bits per heavy atom. The zero-order valence-electron chi connectivity index (χ0n) is 18.4. The van der Waals surface area contributed by atoms with Crippen molar-refractivity contribution in [1.29, 1.82) is 0 Å². The van der Waals surface area contributed by atoms with Gasteiger partial charge in [0.05, 0.1) is 13.2 Å². The Balaban J connectivity index is 1.55. The third-order valence-electron chi connectivity index (χ3n) is 5.52. The van der Waals surface area contributed by atoms with Gasteiger partial charge in [-0.25, -0.2) is 9.29 Å². The molecule has 0 radical (unpaired) electrons. The summed E-state index contributed by atoms with van der Waals surface area (Å²) in [5.74, 6) is -2.88. The molecule has 10 nitrogen and oxygen atoms in total. The lowest BCUT2D eigenvalue weighted by Crippen LogP contribution is -2.43. The van der Waals surface area contributed by atoms with E-state index in [4.69, 9.17) is 9.47 Å². The molecule has 14 heteroatoms. The number of hydrogen-bond acceptors (Lipinski definition) is 9. The molecule has 4 rings (SSSR count). The van der Waals surface area contributed by atoms with Crippen LogP contribution in [0.15, 0.2) is 24.3 Å². The highest BCUT2D eigenvalue weighted by atomic mass is 19.4. The molecule has 3 heterocycles. The van der Waals surface area contributed by atoms with Crippen LogP contribution in [0, 0.1) is 5.82 Å². The highest BCUT2D eigenvalue weighted by molar-refractivity contribution is 6.08. The Bertz CT molecular complexity index is 1040. The average molecular weight is 498 g/mol. The molecule has 2 saturated heterocycles. The standard InChI is InChI=1S/C21H22F4N6O4/c22-14-1-3-15(4-2-14)35-16-5-7-29(8-6-16)18-26-19(30-9-11-34-12-10-30)28-20(27-18)31(13-32)17(33)21(23,24)25/h1-4,13,16H,5-12H2. The molecule has 2 aliphatic rings. The van der Waals surface area contributed by atoms with Gasteiger partial charge >= 0.3 is 12.1 Å². The first-order valence-corrected chi connectivity index (χ1v) is 10.9. The lowest BCUT2D eigenvalue weighted by atomic mass is 10.1. The highest BCUT2D eigenvalue weighted by Gasteiger charge is 2.44. The number of amides is 2. The zero-order chi connectivity index (χ0) is 25.0. The molecular formula is C21H22F4N6O4. The van der Waals surface area contributed by atoms with Crippen molar-refractivity contribution in [2.45, 2.75) is 25.1 Å². The number of halogens is 4. The number of carbonyl (C=O) groups is 2. The lowest BCUT2D eigenvalue weighted by Gasteiger charge is -2.33. The van der Waals surface area contributed by atoms with Crippen molar-refractivity contribution < 1.29 is 36.6 Å². The number of piperidine rings is 1. The summed E-state index contributed by atoms with van der Waals surface area (Å²) in [6.07, 6.45) is -4.66. The maximum atomic E-state index is 13.1. The van der Waals surface area contributed by atoms with E-state index in [2.05, 4.69) is 15.0 Å². The molecule has 0 aliphatic carbocycles. The van der Waals surface area contributed by atoms with Crippen molar-refractivity contribution in [2.24, 2.45) is 0 Å². The summed E-state index contributed by atoms with van der Waals surface area (Å²) in [5, 5.41) is 0. The molecule has 2 amide bonds. The van der Waals surface area contributed by atoms with Crippen LogP contribution in [0.3, 0.4) is 0 Å². The van der Waals surface area contributed by atoms with E-state index in [1.54, 1.807) is 9.80 Å². The van der Waals surface area contributed by atoms with Gasteiger partial charge < -0.3 is 19.3 Å². The number of hydrogen-bond donors (Lipinski definition) is 0. The Kier molecular flexibility index (Phi) is 7.28. The Morgan fingerprint density at radius 2 is 1.57 bits per heavy atom. The van der Waals surface area contributed by atoms with E-state index in [0.29, 0.717) is 58.0 Å². The maximum absolute atomic E-state index is 13.1. The van der Waals surface area contributed by atoms with Crippen LogP contribution < -0.4 is 19.4 Å². The number of ether oxygens (including phenoxy) is 2. The molecule has 2 aliphatic heterocycles. The molecule has 0 saturated carbocycles. The van der Waals surface area contributed by atoms with Crippen LogP contribution in [0.25, 0.3) is 0 Å². The van der Waals surface area contributed by atoms with Gasteiger partial charge in [0.1, 0.15) is 17.7 Å². The molecule has 35 heavy (non-hydrogen) atoms. The van der Waals surface area contributed by atoms with Crippen LogP contribution in [0.2, 0.25) is 0 Å². The monoisotopic (exact) mass is 498 g/mol. The Labute approximate surface area is 197 Å². The second-order valence-corrected chi connectivity index (χ2v) is 7.87. The van der Waals surface area contributed by atoms with Gasteiger partial charge in [-0.1, -0.05) is 0 Å². The molecule has 2 fully saturated rings. The summed E-state index contributed by atoms with van der Waals surface area (Å²) in [7, 11) is 0. The van der Waals surface area contributed by atoms with E-state index in [-0.39, 0.29) is 35.1 Å². The predicted octanol–water partition coefficient (Wildman–Crippen LogP) is 1.95. The molecule has 1 aromatic heterocycles. The van der Waals surface area contributed by atoms with E-state index in [1.165, 1.54) is 24.3 Å². The highest BCUT2D eigenvalue weighted by Crippen LogP contribution is 2.26. The number of rotatable bonds is 6. The molecule has 0 unspecified atom stereocenters. The van der Waals surface area contributed by atoms with Gasteiger partial charge in [0.25, 0.3) is 0 Å². The second-order valence-electron chi connectivity index (χ2n) is 7.87. The third kappa shape index (κ3) is 5.93. The summed E-state index contributed by atoms with van der Waals surface area (Å²) in [4.78, 5) is 38.8. The minimum atomic E-state index is -5.29. The van der Waals surface area contributed by atoms with Crippen LogP contribution in [0.1, 0.15) is 12.8 Å². The molecule has 0 bridgehead atoms. The Morgan fingerprint density at radius 3 is 2.11 bits per heavy atom. The molecule has 2 aromatic rings. The topological polar surface area (TPSA) is 101 Å². The van der Waals surface area contributed by atoms with Crippen LogP contribution in [-0.4, -0.2) is 78.9 Å². The molecule has 188 valence electrons. The number of anilines is 3. The van der Waals surface area contributed by atoms with Crippen molar-refractivity contribution >= 4 is 30.2 Å². The lowest BCUT2D eigenvalue weighted by molar-refractivity contribution is -0.170. The van der Waals surface area contributed by atoms with Gasteiger partial charge in [-0.3, -0.25) is 9.59 Å². The SMILES string of the molecule is O=CN(C(=O)C(F)(F)F)c1nc(N2CCOCC2)nc(N2CCC(Oc3ccc(F)cc3)CC2)n1. The Hall–Kier alpha value is -3.55. The summed E-state index contributed by atoms with van der Waals surface area (Å²) in [6.45, 7) is 2.27. The minimum absolute atomic E-state index is 0.0403. The first-order valence-electron chi connectivity index (χ1n) is 10.9. The number of imide groups is 1. The summed E-state index contributed by atoms with van der Waals surface area (Å²) >= 11 is 0. The van der Waals surface area contributed by atoms with Crippen molar-refractivity contribution in [3.63, 3.8) is 0 Å². The van der Waals surface area contributed by atoms with Gasteiger partial charge in [0.15, 0.2) is 0 Å². The van der Waals surface area contributed by atoms with Crippen molar-refractivity contribution in [2.75, 3.05) is 54.1 Å². The molecule has 0 spiro atoms. The van der Waals surface area contributed by atoms with Gasteiger partial charge in [-0.05, 0) is 24.3 Å². The number of aromatic nitrogens is 3. The number of alkyl halides is 3. The van der Waals surface area contributed by atoms with E-state index >= 15 is 0 Å². The third-order valence-corrected chi connectivity index (χ3v) is 5.52. The predicted molar refractivity (Wildman–Crippen MR) is 115 cm³/mol. The molecule has 0 atom stereocenters. The normalized spacial score (nSPS) is 17.3. The van der Waals surface area contributed by atoms with Crippen LogP contribution in [0.4, 0.5) is 35.4 Å². The molecule has 1 aromatic carbocycles. The van der Waals surface area contributed by atoms with Gasteiger partial charge in [-0.15, -0.1) is 0 Å². The average Bonchev–Trinajstić information content (AvgIpc) is 2.86. The van der Waals surface area contributed by atoms with Crippen molar-refractivity contribution in [3.05, 3.63) is 30.1 Å². The first kappa shape index (κ1) is 24.6. The van der Waals surface area contributed by atoms with E-state index in [1.807, 2.05) is 0 Å². The van der Waals surface area contributed by atoms with Crippen LogP contribution in [0.5, 0.6) is 5.75 Å². The first-order chi connectivity index (χ1) is 16.7. The van der Waals surface area contributed by atoms with E-state index in [0.717, 1.165) is 0 Å². The minimum Gasteiger partial charge on any atom is -0.490 e. The van der Waals surface area contributed by atoms with Crippen molar-refractivity contribution in [1.82, 2.24) is 15.0 Å². The number of carbonyl (C=O) groups excluding carboxylic acids is 2. The number of morpholine rings is 1. The fraction of sp³-hybridized carbons (Fsp3) is 0.476.